The molecule has 0 saturated heterocycles. The summed E-state index contributed by atoms with van der Waals surface area (Å²) in [6, 6.07) is 6.01. The first-order valence-electron chi connectivity index (χ1n) is 6.76. The van der Waals surface area contributed by atoms with Crippen molar-refractivity contribution in [2.24, 2.45) is 0 Å². The molecule has 1 aliphatic heterocycles. The smallest absolute Gasteiger partial charge is 0.320 e. The van der Waals surface area contributed by atoms with E-state index in [2.05, 4.69) is 37.5 Å². The average Bonchev–Trinajstić information content (AvgIpc) is 2.74. The topological polar surface area (TPSA) is 71.3 Å². The largest absolute Gasteiger partial charge is 0.329 e. The lowest BCUT2D eigenvalue weighted by Gasteiger charge is -2.20. The van der Waals surface area contributed by atoms with Gasteiger partial charge in [-0.2, -0.15) is 4.98 Å². The number of nitrogens with zero attached hydrogens (tertiary/aromatic N) is 3. The van der Waals surface area contributed by atoms with Gasteiger partial charge in [-0.25, -0.2) is 4.79 Å². The summed E-state index contributed by atoms with van der Waals surface area (Å²) in [4.78, 5) is 18.0. The highest BCUT2D eigenvalue weighted by Crippen LogP contribution is 2.26. The van der Waals surface area contributed by atoms with Gasteiger partial charge in [-0.3, -0.25) is 5.32 Å². The normalized spacial score (nSPS) is 14.5. The van der Waals surface area contributed by atoms with Gasteiger partial charge < -0.3 is 9.42 Å². The minimum absolute atomic E-state index is 0.135. The van der Waals surface area contributed by atoms with Crippen LogP contribution in [0.25, 0.3) is 0 Å². The van der Waals surface area contributed by atoms with Gasteiger partial charge in [0.1, 0.15) is 0 Å². The van der Waals surface area contributed by atoms with Crippen LogP contribution in [0.3, 0.4) is 0 Å². The molecule has 0 spiro atoms. The number of aryl methyl sites for hydroxylation is 1. The molecule has 2 amide bonds. The lowest BCUT2D eigenvalue weighted by Crippen LogP contribution is -2.34. The fourth-order valence-corrected chi connectivity index (χ4v) is 3.06. The van der Waals surface area contributed by atoms with Gasteiger partial charge in [0, 0.05) is 17.6 Å². The van der Waals surface area contributed by atoms with Crippen molar-refractivity contribution < 1.29 is 9.32 Å². The van der Waals surface area contributed by atoms with Crippen LogP contribution >= 0.6 is 15.9 Å². The monoisotopic (exact) mass is 350 g/mol. The number of nitrogens with one attached hydrogen (secondary N) is 1. The summed E-state index contributed by atoms with van der Waals surface area (Å²) < 4.78 is 6.02. The Balaban J connectivity index is 1.75. The lowest BCUT2D eigenvalue weighted by atomic mass is 10.0. The van der Waals surface area contributed by atoms with Gasteiger partial charge in [-0.15, -0.1) is 0 Å². The molecule has 0 saturated carbocycles. The standard InChI is InChI=1S/C14H15BrN4O2/c1-9-16-13(21-18-9)17-14(20)19-7-3-5-11-10(8-19)4-2-6-12(11)15/h2,4,6H,3,5,7-8H2,1H3,(H,16,17,18,20). The van der Waals surface area contributed by atoms with Gasteiger partial charge >= 0.3 is 12.0 Å². The zero-order valence-corrected chi connectivity index (χ0v) is 13.2. The van der Waals surface area contributed by atoms with Crippen molar-refractivity contribution in [1.82, 2.24) is 15.0 Å². The van der Waals surface area contributed by atoms with Crippen LogP contribution < -0.4 is 5.32 Å². The van der Waals surface area contributed by atoms with E-state index < -0.39 is 0 Å². The quantitative estimate of drug-likeness (QED) is 0.857. The number of benzene rings is 1. The Morgan fingerprint density at radius 1 is 1.48 bits per heavy atom. The predicted octanol–water partition coefficient (Wildman–Crippen LogP) is 3.12. The molecule has 0 fully saturated rings. The molecule has 2 heterocycles. The minimum Gasteiger partial charge on any atom is -0.320 e. The number of hydrogen-bond acceptors (Lipinski definition) is 4. The number of fused-ring (bicyclic) bond motifs is 1. The zero-order chi connectivity index (χ0) is 14.8. The van der Waals surface area contributed by atoms with Crippen LogP contribution in [0.1, 0.15) is 23.4 Å². The maximum absolute atomic E-state index is 12.3. The van der Waals surface area contributed by atoms with Crippen LogP contribution in [0.5, 0.6) is 0 Å². The number of aromatic nitrogens is 2. The van der Waals surface area contributed by atoms with E-state index in [1.807, 2.05) is 12.1 Å². The molecule has 0 aliphatic carbocycles. The van der Waals surface area contributed by atoms with E-state index in [4.69, 9.17) is 4.52 Å². The van der Waals surface area contributed by atoms with Crippen molar-refractivity contribution in [2.45, 2.75) is 26.3 Å². The van der Waals surface area contributed by atoms with Crippen molar-refractivity contribution in [2.75, 3.05) is 11.9 Å². The first-order chi connectivity index (χ1) is 10.1. The van der Waals surface area contributed by atoms with Crippen molar-refractivity contribution in [3.63, 3.8) is 0 Å². The second-order valence-electron chi connectivity index (χ2n) is 4.98. The summed E-state index contributed by atoms with van der Waals surface area (Å²) in [7, 11) is 0. The highest BCUT2D eigenvalue weighted by Gasteiger charge is 2.21. The lowest BCUT2D eigenvalue weighted by molar-refractivity contribution is 0.209. The molecule has 1 aromatic carbocycles. The Morgan fingerprint density at radius 2 is 2.33 bits per heavy atom. The van der Waals surface area contributed by atoms with Crippen LogP contribution in [-0.2, 0) is 13.0 Å². The van der Waals surface area contributed by atoms with E-state index in [1.54, 1.807) is 11.8 Å². The van der Waals surface area contributed by atoms with E-state index in [0.717, 1.165) is 17.3 Å². The number of halogens is 1. The van der Waals surface area contributed by atoms with Crippen molar-refractivity contribution in [3.8, 4) is 0 Å². The summed E-state index contributed by atoms with van der Waals surface area (Å²) >= 11 is 3.58. The number of amides is 2. The van der Waals surface area contributed by atoms with E-state index in [1.165, 1.54) is 11.1 Å². The van der Waals surface area contributed by atoms with Crippen LogP contribution in [0.15, 0.2) is 27.2 Å². The van der Waals surface area contributed by atoms with E-state index >= 15 is 0 Å². The molecule has 7 heteroatoms. The number of carbonyl (C=O) groups excluding carboxylic acids is 1. The third-order valence-corrected chi connectivity index (χ3v) is 4.20. The Morgan fingerprint density at radius 3 is 3.10 bits per heavy atom. The fraction of sp³-hybridized carbons (Fsp3) is 0.357. The Kier molecular flexibility index (Phi) is 3.92. The molecule has 0 radical (unpaired) electrons. The third kappa shape index (κ3) is 3.07. The highest BCUT2D eigenvalue weighted by atomic mass is 79.9. The SMILES string of the molecule is Cc1noc(NC(=O)N2CCCc3c(Br)cccc3C2)n1. The molecule has 0 unspecified atom stereocenters. The fourth-order valence-electron chi connectivity index (χ4n) is 2.45. The van der Waals surface area contributed by atoms with E-state index in [9.17, 15) is 4.79 Å². The van der Waals surface area contributed by atoms with Gasteiger partial charge in [-0.1, -0.05) is 33.2 Å². The van der Waals surface area contributed by atoms with Crippen molar-refractivity contribution in [1.29, 1.82) is 0 Å². The molecule has 0 bridgehead atoms. The van der Waals surface area contributed by atoms with Crippen LogP contribution in [0.4, 0.5) is 10.8 Å². The molecular formula is C14H15BrN4O2. The Labute approximate surface area is 130 Å². The number of rotatable bonds is 1. The maximum Gasteiger partial charge on any atom is 0.329 e. The molecule has 2 aromatic rings. The van der Waals surface area contributed by atoms with Crippen LogP contribution in [-0.4, -0.2) is 27.6 Å². The number of carbonyl (C=O) groups is 1. The van der Waals surface area contributed by atoms with Gasteiger partial charge in [-0.05, 0) is 37.0 Å². The minimum atomic E-state index is -0.216. The first-order valence-corrected chi connectivity index (χ1v) is 7.55. The first kappa shape index (κ1) is 14.1. The molecule has 1 aromatic heterocycles. The van der Waals surface area contributed by atoms with Gasteiger partial charge in [0.2, 0.25) is 0 Å². The molecular weight excluding hydrogens is 336 g/mol. The summed E-state index contributed by atoms with van der Waals surface area (Å²) in [5, 5.41) is 6.30. The molecule has 6 nitrogen and oxygen atoms in total. The summed E-state index contributed by atoms with van der Waals surface area (Å²) in [5.74, 6) is 0.496. The summed E-state index contributed by atoms with van der Waals surface area (Å²) in [6.07, 6.45) is 1.88. The van der Waals surface area contributed by atoms with Crippen molar-refractivity contribution in [3.05, 3.63) is 39.6 Å². The van der Waals surface area contributed by atoms with Crippen molar-refractivity contribution >= 4 is 28.0 Å². The maximum atomic E-state index is 12.3. The van der Waals surface area contributed by atoms with Crippen LogP contribution in [0, 0.1) is 6.92 Å². The second-order valence-corrected chi connectivity index (χ2v) is 5.83. The number of urea groups is 1. The van der Waals surface area contributed by atoms with E-state index in [-0.39, 0.29) is 12.0 Å². The number of hydrogen-bond donors (Lipinski definition) is 1. The summed E-state index contributed by atoms with van der Waals surface area (Å²) in [5.41, 5.74) is 2.44. The molecule has 1 N–H and O–H groups in total. The molecule has 3 rings (SSSR count). The third-order valence-electron chi connectivity index (χ3n) is 3.46. The zero-order valence-electron chi connectivity index (χ0n) is 11.6. The van der Waals surface area contributed by atoms with Gasteiger partial charge in [0.25, 0.3) is 0 Å². The Bertz CT molecular complexity index is 671. The Hall–Kier alpha value is -1.89. The van der Waals surface area contributed by atoms with Gasteiger partial charge in [0.05, 0.1) is 0 Å². The van der Waals surface area contributed by atoms with Crippen LogP contribution in [0.2, 0.25) is 0 Å². The molecule has 1 aliphatic rings. The molecule has 21 heavy (non-hydrogen) atoms. The highest BCUT2D eigenvalue weighted by molar-refractivity contribution is 9.10. The predicted molar refractivity (Wildman–Crippen MR) is 80.9 cm³/mol. The average molecular weight is 351 g/mol. The molecule has 0 atom stereocenters. The molecule has 110 valence electrons. The number of anilines is 1. The summed E-state index contributed by atoms with van der Waals surface area (Å²) in [6.45, 7) is 2.98. The van der Waals surface area contributed by atoms with Gasteiger partial charge in [0.15, 0.2) is 5.82 Å². The van der Waals surface area contributed by atoms with E-state index in [0.29, 0.717) is 18.9 Å². The second kappa shape index (κ2) is 5.85.